The topological polar surface area (TPSA) is 66.4 Å². The van der Waals surface area contributed by atoms with Gasteiger partial charge in [-0.25, -0.2) is 0 Å². The third-order valence-corrected chi connectivity index (χ3v) is 5.77. The van der Waals surface area contributed by atoms with E-state index in [-0.39, 0.29) is 29.7 Å². The van der Waals surface area contributed by atoms with Crippen LogP contribution in [0.25, 0.3) is 0 Å². The highest BCUT2D eigenvalue weighted by Gasteiger charge is 2.51. The Kier molecular flexibility index (Phi) is 4.05. The molecular weight excluding hydrogens is 266 g/mol. The Morgan fingerprint density at radius 3 is 2.33 bits per heavy atom. The van der Waals surface area contributed by atoms with Gasteiger partial charge in [-0.15, -0.1) is 0 Å². The fourth-order valence-corrected chi connectivity index (χ4v) is 4.59. The van der Waals surface area contributed by atoms with Crippen molar-refractivity contribution in [3.8, 4) is 0 Å². The first kappa shape index (κ1) is 14.6. The van der Waals surface area contributed by atoms with Crippen molar-refractivity contribution in [1.82, 2.24) is 5.32 Å². The molecule has 0 aliphatic heterocycles. The molecule has 0 aromatic heterocycles. The maximum Gasteiger partial charge on any atom is 0.307 e. The summed E-state index contributed by atoms with van der Waals surface area (Å²) >= 11 is 0. The molecule has 4 nitrogen and oxygen atoms in total. The highest BCUT2D eigenvalue weighted by Crippen LogP contribution is 2.48. The number of hydrogen-bond acceptors (Lipinski definition) is 2. The second kappa shape index (κ2) is 5.82. The smallest absolute Gasteiger partial charge is 0.307 e. The molecule has 0 heterocycles. The number of carboxylic acids is 1. The van der Waals surface area contributed by atoms with Gasteiger partial charge in [0, 0.05) is 6.04 Å². The first-order valence-electron chi connectivity index (χ1n) is 8.29. The lowest BCUT2D eigenvalue weighted by Gasteiger charge is -2.31. The minimum atomic E-state index is -0.822. The van der Waals surface area contributed by atoms with Crippen LogP contribution >= 0.6 is 0 Å². The van der Waals surface area contributed by atoms with E-state index >= 15 is 0 Å². The van der Waals surface area contributed by atoms with Crippen molar-refractivity contribution in [2.24, 2.45) is 29.6 Å². The Labute approximate surface area is 126 Å². The SMILES string of the molecule is C[C@@H](NC(=O)[C@H]1C2C=CC(C2)[C@H]1C(=O)O)C1CCCCC1. The Bertz CT molecular complexity index is 453. The number of carbonyl (C=O) groups excluding carboxylic acids is 1. The Morgan fingerprint density at radius 1 is 1.10 bits per heavy atom. The summed E-state index contributed by atoms with van der Waals surface area (Å²) in [5.74, 6) is -1.04. The van der Waals surface area contributed by atoms with Crippen molar-refractivity contribution in [3.63, 3.8) is 0 Å². The summed E-state index contributed by atoms with van der Waals surface area (Å²) in [4.78, 5) is 24.1. The third kappa shape index (κ3) is 2.72. The molecule has 3 aliphatic carbocycles. The van der Waals surface area contributed by atoms with E-state index in [2.05, 4.69) is 12.2 Å². The summed E-state index contributed by atoms with van der Waals surface area (Å²) in [5, 5.41) is 12.5. The molecule has 0 spiro atoms. The van der Waals surface area contributed by atoms with Crippen LogP contribution in [0, 0.1) is 29.6 Å². The number of carbonyl (C=O) groups is 2. The van der Waals surface area contributed by atoms with Crippen LogP contribution in [0.3, 0.4) is 0 Å². The average Bonchev–Trinajstić information content (AvgIpc) is 3.08. The Balaban J connectivity index is 1.64. The lowest BCUT2D eigenvalue weighted by Crippen LogP contribution is -2.46. The molecule has 2 fully saturated rings. The zero-order chi connectivity index (χ0) is 15.0. The van der Waals surface area contributed by atoms with Crippen LogP contribution in [0.2, 0.25) is 0 Å². The zero-order valence-electron chi connectivity index (χ0n) is 12.6. The lowest BCUT2D eigenvalue weighted by atomic mass is 9.81. The van der Waals surface area contributed by atoms with E-state index in [1.165, 1.54) is 32.1 Å². The van der Waals surface area contributed by atoms with Crippen molar-refractivity contribution < 1.29 is 14.7 Å². The molecule has 4 heteroatoms. The summed E-state index contributed by atoms with van der Waals surface area (Å²) in [5.41, 5.74) is 0. The predicted molar refractivity (Wildman–Crippen MR) is 79.5 cm³/mol. The van der Waals surface area contributed by atoms with Crippen molar-refractivity contribution in [2.45, 2.75) is 51.5 Å². The Morgan fingerprint density at radius 2 is 1.71 bits per heavy atom. The van der Waals surface area contributed by atoms with Gasteiger partial charge in [0.1, 0.15) is 0 Å². The largest absolute Gasteiger partial charge is 0.481 e. The van der Waals surface area contributed by atoms with Crippen LogP contribution in [-0.2, 0) is 9.59 Å². The molecule has 0 saturated heterocycles. The van der Waals surface area contributed by atoms with E-state index in [1.807, 2.05) is 12.2 Å². The summed E-state index contributed by atoms with van der Waals surface area (Å²) in [7, 11) is 0. The van der Waals surface area contributed by atoms with Crippen molar-refractivity contribution >= 4 is 11.9 Å². The standard InChI is InChI=1S/C17H25NO3/c1-10(11-5-3-2-4-6-11)18-16(19)14-12-7-8-13(9-12)15(14)17(20)21/h7-8,10-15H,2-6,9H2,1H3,(H,18,19)(H,20,21)/t10-,12?,13?,14+,15-/m1/s1. The maximum atomic E-state index is 12.6. The number of nitrogens with one attached hydrogen (secondary N) is 1. The summed E-state index contributed by atoms with van der Waals surface area (Å²) in [6, 6.07) is 0.162. The molecule has 21 heavy (non-hydrogen) atoms. The molecule has 1 amide bonds. The van der Waals surface area contributed by atoms with E-state index in [1.54, 1.807) is 0 Å². The quantitative estimate of drug-likeness (QED) is 0.782. The first-order valence-corrected chi connectivity index (χ1v) is 8.29. The maximum absolute atomic E-state index is 12.6. The monoisotopic (exact) mass is 291 g/mol. The molecular formula is C17H25NO3. The molecule has 0 aromatic rings. The van der Waals surface area contributed by atoms with Crippen molar-refractivity contribution in [1.29, 1.82) is 0 Å². The lowest BCUT2D eigenvalue weighted by molar-refractivity contribution is -0.148. The number of carboxylic acid groups (broad SMARTS) is 1. The van der Waals surface area contributed by atoms with Crippen LogP contribution in [0.4, 0.5) is 0 Å². The van der Waals surface area contributed by atoms with E-state index in [0.717, 1.165) is 6.42 Å². The minimum absolute atomic E-state index is 0.0441. The molecule has 0 radical (unpaired) electrons. The van der Waals surface area contributed by atoms with Crippen LogP contribution in [0.1, 0.15) is 45.4 Å². The summed E-state index contributed by atoms with van der Waals surface area (Å²) < 4.78 is 0. The van der Waals surface area contributed by atoms with Gasteiger partial charge in [0.2, 0.25) is 5.91 Å². The second-order valence-corrected chi connectivity index (χ2v) is 7.03. The number of amides is 1. The minimum Gasteiger partial charge on any atom is -0.481 e. The van der Waals surface area contributed by atoms with Crippen LogP contribution in [0.5, 0.6) is 0 Å². The van der Waals surface area contributed by atoms with Crippen molar-refractivity contribution in [2.75, 3.05) is 0 Å². The van der Waals surface area contributed by atoms with E-state index in [4.69, 9.17) is 0 Å². The molecule has 2 bridgehead atoms. The molecule has 3 rings (SSSR count). The second-order valence-electron chi connectivity index (χ2n) is 7.03. The van der Waals surface area contributed by atoms with Crippen LogP contribution in [0.15, 0.2) is 12.2 Å². The first-order chi connectivity index (χ1) is 10.1. The number of hydrogen-bond donors (Lipinski definition) is 2. The molecule has 2 unspecified atom stereocenters. The predicted octanol–water partition coefficient (Wildman–Crippen LogP) is 2.59. The van der Waals surface area contributed by atoms with Gasteiger partial charge >= 0.3 is 5.97 Å². The van der Waals surface area contributed by atoms with Gasteiger partial charge in [0.05, 0.1) is 11.8 Å². The number of aliphatic carboxylic acids is 1. The van der Waals surface area contributed by atoms with Gasteiger partial charge in [0.25, 0.3) is 0 Å². The van der Waals surface area contributed by atoms with E-state index in [0.29, 0.717) is 5.92 Å². The number of allylic oxidation sites excluding steroid dienone is 2. The number of fused-ring (bicyclic) bond motifs is 2. The molecule has 3 aliphatic rings. The zero-order valence-corrected chi connectivity index (χ0v) is 12.6. The fraction of sp³-hybridized carbons (Fsp3) is 0.765. The third-order valence-electron chi connectivity index (χ3n) is 5.77. The van der Waals surface area contributed by atoms with Crippen LogP contribution in [-0.4, -0.2) is 23.0 Å². The van der Waals surface area contributed by atoms with Gasteiger partial charge in [0.15, 0.2) is 0 Å². The molecule has 5 atom stereocenters. The molecule has 116 valence electrons. The van der Waals surface area contributed by atoms with Gasteiger partial charge in [-0.2, -0.15) is 0 Å². The highest BCUT2D eigenvalue weighted by molar-refractivity contribution is 5.87. The molecule has 2 N–H and O–H groups in total. The summed E-state index contributed by atoms with van der Waals surface area (Å²) in [6.07, 6.45) is 11.0. The summed E-state index contributed by atoms with van der Waals surface area (Å²) in [6.45, 7) is 2.08. The fourth-order valence-electron chi connectivity index (χ4n) is 4.59. The van der Waals surface area contributed by atoms with Gasteiger partial charge in [-0.1, -0.05) is 31.4 Å². The van der Waals surface area contributed by atoms with Gasteiger partial charge in [-0.3, -0.25) is 9.59 Å². The van der Waals surface area contributed by atoms with Gasteiger partial charge < -0.3 is 10.4 Å². The van der Waals surface area contributed by atoms with Crippen molar-refractivity contribution in [3.05, 3.63) is 12.2 Å². The highest BCUT2D eigenvalue weighted by atomic mass is 16.4. The number of rotatable bonds is 4. The van der Waals surface area contributed by atoms with E-state index in [9.17, 15) is 14.7 Å². The molecule has 2 saturated carbocycles. The Hall–Kier alpha value is -1.32. The van der Waals surface area contributed by atoms with Crippen LogP contribution < -0.4 is 5.32 Å². The average molecular weight is 291 g/mol. The molecule has 0 aromatic carbocycles. The van der Waals surface area contributed by atoms with Gasteiger partial charge in [-0.05, 0) is 43.9 Å². The van der Waals surface area contributed by atoms with E-state index < -0.39 is 11.9 Å². The normalized spacial score (nSPS) is 36.6.